The maximum Gasteiger partial charge on any atom is 0.313 e. The van der Waals surface area contributed by atoms with Crippen molar-refractivity contribution in [3.8, 4) is 11.1 Å². The fourth-order valence-corrected chi connectivity index (χ4v) is 1.85. The van der Waals surface area contributed by atoms with Crippen molar-refractivity contribution in [1.82, 2.24) is 0 Å². The van der Waals surface area contributed by atoms with Gasteiger partial charge in [0.1, 0.15) is 0 Å². The van der Waals surface area contributed by atoms with Crippen molar-refractivity contribution in [3.05, 3.63) is 64.0 Å². The van der Waals surface area contributed by atoms with Crippen LogP contribution < -0.4 is 5.73 Å². The first-order valence-electron chi connectivity index (χ1n) is 5.34. The molecule has 1 amide bonds. The van der Waals surface area contributed by atoms with Crippen molar-refractivity contribution < 1.29 is 14.1 Å². The Morgan fingerprint density at radius 3 is 2.32 bits per heavy atom. The number of halogens is 1. The number of amides is 1. The van der Waals surface area contributed by atoms with Gasteiger partial charge in [-0.2, -0.15) is 4.39 Å². The van der Waals surface area contributed by atoms with E-state index in [2.05, 4.69) is 0 Å². The maximum atomic E-state index is 13.6. The van der Waals surface area contributed by atoms with E-state index in [1.54, 1.807) is 30.3 Å². The Bertz CT molecular complexity index is 656. The van der Waals surface area contributed by atoms with E-state index < -0.39 is 22.3 Å². The number of primary amides is 1. The van der Waals surface area contributed by atoms with Crippen molar-refractivity contribution in [2.45, 2.75) is 0 Å². The van der Waals surface area contributed by atoms with E-state index in [4.69, 9.17) is 5.73 Å². The average Bonchev–Trinajstić information content (AvgIpc) is 2.38. The molecule has 0 spiro atoms. The molecule has 0 aliphatic heterocycles. The Morgan fingerprint density at radius 2 is 1.79 bits per heavy atom. The lowest BCUT2D eigenvalue weighted by molar-refractivity contribution is -0.386. The summed E-state index contributed by atoms with van der Waals surface area (Å²) in [7, 11) is 0. The number of nitrogens with zero attached hydrogens (tertiary/aromatic N) is 1. The van der Waals surface area contributed by atoms with E-state index in [1.165, 1.54) is 0 Å². The van der Waals surface area contributed by atoms with Crippen LogP contribution in [0.4, 0.5) is 10.1 Å². The lowest BCUT2D eigenvalue weighted by Gasteiger charge is -2.08. The first-order chi connectivity index (χ1) is 9.02. The number of carbonyl (C=O) groups excluding carboxylic acids is 1. The molecule has 0 atom stereocenters. The van der Waals surface area contributed by atoms with Crippen LogP contribution in [0.15, 0.2) is 42.5 Å². The van der Waals surface area contributed by atoms with Gasteiger partial charge in [0.05, 0.1) is 16.1 Å². The summed E-state index contributed by atoms with van der Waals surface area (Å²) in [4.78, 5) is 21.5. The minimum Gasteiger partial charge on any atom is -0.366 e. The second kappa shape index (κ2) is 4.85. The summed E-state index contributed by atoms with van der Waals surface area (Å²) in [5.74, 6) is -1.85. The van der Waals surface area contributed by atoms with Gasteiger partial charge in [-0.05, 0) is 17.7 Å². The van der Waals surface area contributed by atoms with E-state index in [1.807, 2.05) is 0 Å². The van der Waals surface area contributed by atoms with Gasteiger partial charge in [0.15, 0.2) is 0 Å². The number of hydrogen-bond acceptors (Lipinski definition) is 3. The molecule has 0 bridgehead atoms. The van der Waals surface area contributed by atoms with Crippen molar-refractivity contribution in [2.75, 3.05) is 0 Å². The standard InChI is InChI=1S/C13H9FN2O3/c14-10-7-6-9(13(15)17)11(12(10)16(18)19)8-4-2-1-3-5-8/h1-7H,(H2,15,17). The van der Waals surface area contributed by atoms with Crippen LogP contribution >= 0.6 is 0 Å². The number of nitro groups is 1. The lowest BCUT2D eigenvalue weighted by atomic mass is 9.97. The largest absolute Gasteiger partial charge is 0.366 e. The zero-order valence-electron chi connectivity index (χ0n) is 9.67. The quantitative estimate of drug-likeness (QED) is 0.679. The molecule has 0 heterocycles. The zero-order chi connectivity index (χ0) is 14.0. The van der Waals surface area contributed by atoms with Gasteiger partial charge < -0.3 is 5.73 Å². The molecule has 0 aliphatic rings. The number of nitrogens with two attached hydrogens (primary N) is 1. The Balaban J connectivity index is 2.85. The highest BCUT2D eigenvalue weighted by Gasteiger charge is 2.26. The van der Waals surface area contributed by atoms with Crippen molar-refractivity contribution in [1.29, 1.82) is 0 Å². The van der Waals surface area contributed by atoms with E-state index in [-0.39, 0.29) is 11.1 Å². The van der Waals surface area contributed by atoms with Gasteiger partial charge in [-0.25, -0.2) is 0 Å². The summed E-state index contributed by atoms with van der Waals surface area (Å²) in [5.41, 5.74) is 4.62. The third kappa shape index (κ3) is 2.28. The van der Waals surface area contributed by atoms with Gasteiger partial charge in [-0.1, -0.05) is 30.3 Å². The number of carbonyl (C=O) groups is 1. The number of nitro benzene ring substituents is 1. The van der Waals surface area contributed by atoms with Gasteiger partial charge in [-0.15, -0.1) is 0 Å². The highest BCUT2D eigenvalue weighted by molar-refractivity contribution is 6.02. The summed E-state index contributed by atoms with van der Waals surface area (Å²) < 4.78 is 13.6. The molecule has 5 nitrogen and oxygen atoms in total. The summed E-state index contributed by atoms with van der Waals surface area (Å²) in [6, 6.07) is 10.1. The second-order valence-electron chi connectivity index (χ2n) is 3.81. The fourth-order valence-electron chi connectivity index (χ4n) is 1.85. The molecule has 0 saturated heterocycles. The van der Waals surface area contributed by atoms with Crippen LogP contribution in [0.25, 0.3) is 11.1 Å². The molecule has 2 aromatic carbocycles. The number of benzene rings is 2. The molecule has 2 N–H and O–H groups in total. The van der Waals surface area contributed by atoms with Gasteiger partial charge >= 0.3 is 5.69 Å². The Kier molecular flexibility index (Phi) is 3.24. The fraction of sp³-hybridized carbons (Fsp3) is 0. The Morgan fingerprint density at radius 1 is 1.16 bits per heavy atom. The molecule has 0 saturated carbocycles. The predicted octanol–water partition coefficient (Wildman–Crippen LogP) is 2.50. The number of hydrogen-bond donors (Lipinski definition) is 1. The van der Waals surface area contributed by atoms with Crippen LogP contribution in [0.2, 0.25) is 0 Å². The molecule has 0 fully saturated rings. The van der Waals surface area contributed by atoms with Crippen LogP contribution in [-0.4, -0.2) is 10.8 Å². The highest BCUT2D eigenvalue weighted by Crippen LogP contribution is 2.35. The normalized spacial score (nSPS) is 10.2. The molecule has 2 aromatic rings. The summed E-state index contributed by atoms with van der Waals surface area (Å²) in [6.45, 7) is 0. The van der Waals surface area contributed by atoms with Crippen molar-refractivity contribution in [2.24, 2.45) is 5.73 Å². The number of rotatable bonds is 3. The smallest absolute Gasteiger partial charge is 0.313 e. The molecule has 0 radical (unpaired) electrons. The monoisotopic (exact) mass is 260 g/mol. The Labute approximate surface area is 107 Å². The van der Waals surface area contributed by atoms with Crippen LogP contribution in [-0.2, 0) is 0 Å². The minimum absolute atomic E-state index is 0.0840. The summed E-state index contributed by atoms with van der Waals surface area (Å²) >= 11 is 0. The van der Waals surface area contributed by atoms with Gasteiger partial charge in [-0.3, -0.25) is 14.9 Å². The van der Waals surface area contributed by atoms with E-state index >= 15 is 0 Å². The van der Waals surface area contributed by atoms with Gasteiger partial charge in [0.25, 0.3) is 0 Å². The van der Waals surface area contributed by atoms with Gasteiger partial charge in [0, 0.05) is 0 Å². The van der Waals surface area contributed by atoms with E-state index in [0.717, 1.165) is 12.1 Å². The van der Waals surface area contributed by atoms with Crippen LogP contribution in [0.1, 0.15) is 10.4 Å². The average molecular weight is 260 g/mol. The lowest BCUT2D eigenvalue weighted by Crippen LogP contribution is -2.14. The molecule has 19 heavy (non-hydrogen) atoms. The molecule has 2 rings (SSSR count). The molecule has 0 unspecified atom stereocenters. The first kappa shape index (κ1) is 12.7. The van der Waals surface area contributed by atoms with Crippen LogP contribution in [0, 0.1) is 15.9 Å². The second-order valence-corrected chi connectivity index (χ2v) is 3.81. The highest BCUT2D eigenvalue weighted by atomic mass is 19.1. The molecular formula is C13H9FN2O3. The molecular weight excluding hydrogens is 251 g/mol. The van der Waals surface area contributed by atoms with Crippen molar-refractivity contribution >= 4 is 11.6 Å². The topological polar surface area (TPSA) is 86.2 Å². The molecule has 0 aliphatic carbocycles. The third-order valence-electron chi connectivity index (χ3n) is 2.64. The summed E-state index contributed by atoms with van der Waals surface area (Å²) in [6.07, 6.45) is 0. The Hall–Kier alpha value is -2.76. The van der Waals surface area contributed by atoms with E-state index in [0.29, 0.717) is 5.56 Å². The molecule has 0 aromatic heterocycles. The van der Waals surface area contributed by atoms with Crippen molar-refractivity contribution in [3.63, 3.8) is 0 Å². The van der Waals surface area contributed by atoms with Crippen LogP contribution in [0.5, 0.6) is 0 Å². The SMILES string of the molecule is NC(=O)c1ccc(F)c([N+](=O)[O-])c1-c1ccccc1. The van der Waals surface area contributed by atoms with E-state index in [9.17, 15) is 19.3 Å². The third-order valence-corrected chi connectivity index (χ3v) is 2.64. The summed E-state index contributed by atoms with van der Waals surface area (Å²) in [5, 5.41) is 11.0. The predicted molar refractivity (Wildman–Crippen MR) is 67.0 cm³/mol. The van der Waals surface area contributed by atoms with Crippen LogP contribution in [0.3, 0.4) is 0 Å². The maximum absolute atomic E-state index is 13.6. The molecule has 6 heteroatoms. The molecule has 96 valence electrons. The minimum atomic E-state index is -1.01. The first-order valence-corrected chi connectivity index (χ1v) is 5.34. The zero-order valence-corrected chi connectivity index (χ0v) is 9.67. The van der Waals surface area contributed by atoms with Gasteiger partial charge in [0.2, 0.25) is 11.7 Å².